The van der Waals surface area contributed by atoms with E-state index in [0.29, 0.717) is 0 Å². The van der Waals surface area contributed by atoms with Crippen molar-refractivity contribution in [3.63, 3.8) is 0 Å². The number of hydrogen-bond acceptors (Lipinski definition) is 3. The van der Waals surface area contributed by atoms with Gasteiger partial charge in [-0.1, -0.05) is 12.8 Å². The lowest BCUT2D eigenvalue weighted by Gasteiger charge is -2.36. The molecule has 0 spiro atoms. The highest BCUT2D eigenvalue weighted by Crippen LogP contribution is 2.18. The fourth-order valence-electron chi connectivity index (χ4n) is 2.21. The molecular weight excluding hydrogens is 232 g/mol. The van der Waals surface area contributed by atoms with Gasteiger partial charge >= 0.3 is 5.97 Å². The molecule has 0 aliphatic carbocycles. The van der Waals surface area contributed by atoms with Crippen LogP contribution in [0.1, 0.15) is 46.5 Å². The molecule has 1 unspecified atom stereocenters. The van der Waals surface area contributed by atoms with E-state index in [1.807, 2.05) is 20.8 Å². The topological polar surface area (TPSA) is 69.6 Å². The second-order valence-electron chi connectivity index (χ2n) is 5.84. The third-order valence-corrected chi connectivity index (χ3v) is 3.23. The van der Waals surface area contributed by atoms with Crippen LogP contribution in [0.5, 0.6) is 0 Å². The predicted molar refractivity (Wildman–Crippen MR) is 69.4 cm³/mol. The van der Waals surface area contributed by atoms with Crippen LogP contribution in [0.25, 0.3) is 0 Å². The van der Waals surface area contributed by atoms with Gasteiger partial charge in [-0.05, 0) is 40.2 Å². The summed E-state index contributed by atoms with van der Waals surface area (Å²) in [6, 6.07) is -0.230. The van der Waals surface area contributed by atoms with Gasteiger partial charge in [-0.15, -0.1) is 0 Å². The van der Waals surface area contributed by atoms with Crippen molar-refractivity contribution >= 4 is 11.9 Å². The lowest BCUT2D eigenvalue weighted by atomic mass is 10.0. The third-order valence-electron chi connectivity index (χ3n) is 3.23. The van der Waals surface area contributed by atoms with E-state index in [1.165, 1.54) is 4.90 Å². The number of hydrogen-bond donors (Lipinski definition) is 2. The Kier molecular flexibility index (Phi) is 5.14. The largest absolute Gasteiger partial charge is 0.480 e. The fourth-order valence-corrected chi connectivity index (χ4v) is 2.21. The number of aliphatic carboxylic acids is 1. The van der Waals surface area contributed by atoms with Crippen molar-refractivity contribution in [3.8, 4) is 0 Å². The van der Waals surface area contributed by atoms with E-state index in [2.05, 4.69) is 5.32 Å². The molecule has 0 aromatic rings. The van der Waals surface area contributed by atoms with Crippen LogP contribution in [-0.4, -0.2) is 46.6 Å². The first-order valence-electron chi connectivity index (χ1n) is 6.59. The first-order chi connectivity index (χ1) is 8.32. The van der Waals surface area contributed by atoms with Gasteiger partial charge in [0.2, 0.25) is 5.91 Å². The quantitative estimate of drug-likeness (QED) is 0.797. The highest BCUT2D eigenvalue weighted by molar-refractivity contribution is 5.86. The monoisotopic (exact) mass is 256 g/mol. The maximum absolute atomic E-state index is 12.4. The molecular formula is C13H24N2O3. The number of nitrogens with zero attached hydrogens (tertiary/aromatic N) is 1. The van der Waals surface area contributed by atoms with Crippen LogP contribution >= 0.6 is 0 Å². The van der Waals surface area contributed by atoms with Crippen LogP contribution in [0.4, 0.5) is 0 Å². The van der Waals surface area contributed by atoms with Crippen LogP contribution in [0.3, 0.4) is 0 Å². The number of carboxylic acids is 1. The summed E-state index contributed by atoms with van der Waals surface area (Å²) >= 11 is 0. The van der Waals surface area contributed by atoms with Crippen molar-refractivity contribution in [1.82, 2.24) is 10.2 Å². The summed E-state index contributed by atoms with van der Waals surface area (Å²) in [5.74, 6) is -1.06. The maximum atomic E-state index is 12.4. The van der Waals surface area contributed by atoms with Crippen molar-refractivity contribution in [1.29, 1.82) is 0 Å². The second kappa shape index (κ2) is 6.18. The molecule has 0 radical (unpaired) electrons. The van der Waals surface area contributed by atoms with E-state index < -0.39 is 11.5 Å². The number of carboxylic acid groups (broad SMARTS) is 1. The molecule has 0 bridgehead atoms. The van der Waals surface area contributed by atoms with Gasteiger partial charge < -0.3 is 15.3 Å². The van der Waals surface area contributed by atoms with Crippen molar-refractivity contribution in [2.24, 2.45) is 0 Å². The van der Waals surface area contributed by atoms with Gasteiger partial charge in [0.1, 0.15) is 6.54 Å². The zero-order chi connectivity index (χ0) is 13.8. The van der Waals surface area contributed by atoms with Gasteiger partial charge in [-0.2, -0.15) is 0 Å². The van der Waals surface area contributed by atoms with E-state index in [9.17, 15) is 9.59 Å². The summed E-state index contributed by atoms with van der Waals surface area (Å²) in [7, 11) is 0. The van der Waals surface area contributed by atoms with E-state index in [4.69, 9.17) is 5.11 Å². The third kappa shape index (κ3) is 4.29. The van der Waals surface area contributed by atoms with E-state index in [1.54, 1.807) is 0 Å². The van der Waals surface area contributed by atoms with E-state index in [-0.39, 0.29) is 18.5 Å². The van der Waals surface area contributed by atoms with Gasteiger partial charge in [0.05, 0.1) is 6.04 Å². The SMILES string of the molecule is CC(C)(C)N(CC(=O)O)C(=O)C1CCCCCN1. The molecule has 18 heavy (non-hydrogen) atoms. The fraction of sp³-hybridized carbons (Fsp3) is 0.846. The van der Waals surface area contributed by atoms with Gasteiger partial charge in [-0.3, -0.25) is 9.59 Å². The zero-order valence-corrected chi connectivity index (χ0v) is 11.5. The molecule has 1 heterocycles. The number of carbonyl (C=O) groups excluding carboxylic acids is 1. The summed E-state index contributed by atoms with van der Waals surface area (Å²) in [6.07, 6.45) is 4.03. The van der Waals surface area contributed by atoms with E-state index >= 15 is 0 Å². The molecule has 1 fully saturated rings. The summed E-state index contributed by atoms with van der Waals surface area (Å²) in [5, 5.41) is 12.2. The molecule has 1 atom stereocenters. The van der Waals surface area contributed by atoms with Gasteiger partial charge in [-0.25, -0.2) is 0 Å². The Morgan fingerprint density at radius 3 is 2.50 bits per heavy atom. The Morgan fingerprint density at radius 2 is 1.94 bits per heavy atom. The molecule has 5 heteroatoms. The molecule has 1 rings (SSSR count). The minimum Gasteiger partial charge on any atom is -0.480 e. The summed E-state index contributed by atoms with van der Waals surface area (Å²) in [6.45, 7) is 6.20. The van der Waals surface area contributed by atoms with Gasteiger partial charge in [0.15, 0.2) is 0 Å². The highest BCUT2D eigenvalue weighted by atomic mass is 16.4. The predicted octanol–water partition coefficient (Wildman–Crippen LogP) is 1.23. The Labute approximate surface area is 109 Å². The van der Waals surface area contributed by atoms with E-state index in [0.717, 1.165) is 32.2 Å². The first kappa shape index (κ1) is 15.0. The Bertz CT molecular complexity index is 302. The number of amides is 1. The van der Waals surface area contributed by atoms with Crippen molar-refractivity contribution in [2.45, 2.75) is 58.0 Å². The molecule has 1 amide bonds. The zero-order valence-electron chi connectivity index (χ0n) is 11.5. The Balaban J connectivity index is 2.77. The highest BCUT2D eigenvalue weighted by Gasteiger charge is 2.33. The smallest absolute Gasteiger partial charge is 0.323 e. The van der Waals surface area contributed by atoms with Crippen molar-refractivity contribution in [2.75, 3.05) is 13.1 Å². The summed E-state index contributed by atoms with van der Waals surface area (Å²) < 4.78 is 0. The molecule has 1 saturated heterocycles. The normalized spacial score (nSPS) is 21.2. The van der Waals surface area contributed by atoms with Crippen LogP contribution in [0.2, 0.25) is 0 Å². The molecule has 1 aliphatic rings. The van der Waals surface area contributed by atoms with Gasteiger partial charge in [0, 0.05) is 5.54 Å². The number of nitrogens with one attached hydrogen (secondary N) is 1. The Morgan fingerprint density at radius 1 is 1.28 bits per heavy atom. The van der Waals surface area contributed by atoms with Crippen LogP contribution in [0, 0.1) is 0 Å². The average Bonchev–Trinajstić information content (AvgIpc) is 2.51. The first-order valence-corrected chi connectivity index (χ1v) is 6.59. The second-order valence-corrected chi connectivity index (χ2v) is 5.84. The lowest BCUT2D eigenvalue weighted by Crippen LogP contribution is -2.55. The Hall–Kier alpha value is -1.10. The molecule has 0 aromatic carbocycles. The van der Waals surface area contributed by atoms with Crippen LogP contribution in [0.15, 0.2) is 0 Å². The maximum Gasteiger partial charge on any atom is 0.323 e. The molecule has 2 N–H and O–H groups in total. The molecule has 0 aromatic heterocycles. The average molecular weight is 256 g/mol. The summed E-state index contributed by atoms with van der Waals surface area (Å²) in [4.78, 5) is 24.8. The summed E-state index contributed by atoms with van der Waals surface area (Å²) in [5.41, 5.74) is -0.469. The van der Waals surface area contributed by atoms with Crippen LogP contribution < -0.4 is 5.32 Å². The van der Waals surface area contributed by atoms with Gasteiger partial charge in [0.25, 0.3) is 0 Å². The number of carbonyl (C=O) groups is 2. The number of rotatable bonds is 3. The molecule has 1 aliphatic heterocycles. The standard InChI is InChI=1S/C13H24N2O3/c1-13(2,3)15(9-11(16)17)12(18)10-7-5-4-6-8-14-10/h10,14H,4-9H2,1-3H3,(H,16,17). The van der Waals surface area contributed by atoms with Crippen molar-refractivity contribution in [3.05, 3.63) is 0 Å². The minimum atomic E-state index is -0.966. The van der Waals surface area contributed by atoms with Crippen LogP contribution in [-0.2, 0) is 9.59 Å². The minimum absolute atomic E-state index is 0.0909. The lowest BCUT2D eigenvalue weighted by molar-refractivity contribution is -0.149. The van der Waals surface area contributed by atoms with Crippen molar-refractivity contribution < 1.29 is 14.7 Å². The molecule has 104 valence electrons. The molecule has 0 saturated carbocycles. The molecule has 5 nitrogen and oxygen atoms in total.